The van der Waals surface area contributed by atoms with Crippen molar-refractivity contribution in [3.63, 3.8) is 0 Å². The highest BCUT2D eigenvalue weighted by molar-refractivity contribution is 8.01. The summed E-state index contributed by atoms with van der Waals surface area (Å²) in [4.78, 5) is 24.3. The zero-order valence-electron chi connectivity index (χ0n) is 15.3. The quantitative estimate of drug-likeness (QED) is 0.543. The van der Waals surface area contributed by atoms with E-state index in [-0.39, 0.29) is 23.7 Å². The minimum atomic E-state index is -0.219. The Morgan fingerprint density at radius 1 is 1.26 bits per heavy atom. The Morgan fingerprint density at radius 2 is 2.04 bits per heavy atom. The van der Waals surface area contributed by atoms with E-state index in [0.717, 1.165) is 30.6 Å². The first-order valence-corrected chi connectivity index (χ1v) is 10.5. The van der Waals surface area contributed by atoms with E-state index < -0.39 is 0 Å². The first kappa shape index (κ1) is 19.8. The van der Waals surface area contributed by atoms with Crippen LogP contribution in [-0.4, -0.2) is 47.0 Å². The molecule has 1 aromatic heterocycles. The van der Waals surface area contributed by atoms with Crippen LogP contribution in [0.2, 0.25) is 0 Å². The van der Waals surface area contributed by atoms with Crippen LogP contribution in [0.5, 0.6) is 0 Å². The van der Waals surface area contributed by atoms with Crippen molar-refractivity contribution in [1.82, 2.24) is 15.5 Å². The number of aromatic nitrogens is 2. The van der Waals surface area contributed by atoms with Gasteiger partial charge in [0.1, 0.15) is 0 Å². The number of nitrogens with zero attached hydrogens (tertiary/aromatic N) is 2. The van der Waals surface area contributed by atoms with Crippen molar-refractivity contribution in [3.8, 4) is 0 Å². The van der Waals surface area contributed by atoms with E-state index in [1.807, 2.05) is 32.0 Å². The van der Waals surface area contributed by atoms with Crippen LogP contribution in [0.3, 0.4) is 0 Å². The zero-order valence-corrected chi connectivity index (χ0v) is 16.9. The highest BCUT2D eigenvalue weighted by Gasteiger charge is 2.17. The lowest BCUT2D eigenvalue weighted by Gasteiger charge is -2.09. The van der Waals surface area contributed by atoms with Gasteiger partial charge in [-0.2, -0.15) is 0 Å². The molecule has 0 unspecified atom stereocenters. The average molecular weight is 407 g/mol. The lowest BCUT2D eigenvalue weighted by Crippen LogP contribution is -2.32. The van der Waals surface area contributed by atoms with Gasteiger partial charge >= 0.3 is 0 Å². The van der Waals surface area contributed by atoms with Gasteiger partial charge in [0.25, 0.3) is 5.91 Å². The van der Waals surface area contributed by atoms with E-state index >= 15 is 0 Å². The standard InChI is InChI=1S/C18H22N4O3S2/c1-11-6-12(2)8-13(7-11)16(24)20-17-21-22-18(27-17)26-10-15(23)19-9-14-4-3-5-25-14/h6-8,14H,3-5,9-10H2,1-2H3,(H,19,23)(H,20,21,24)/t14-/m0/s1. The molecule has 3 rings (SSSR count). The Balaban J connectivity index is 1.46. The fraction of sp³-hybridized carbons (Fsp3) is 0.444. The number of thioether (sulfide) groups is 1. The van der Waals surface area contributed by atoms with Crippen molar-refractivity contribution in [1.29, 1.82) is 0 Å². The van der Waals surface area contributed by atoms with Gasteiger partial charge in [-0.25, -0.2) is 0 Å². The number of anilines is 1. The maximum absolute atomic E-state index is 12.3. The van der Waals surface area contributed by atoms with Crippen LogP contribution in [0, 0.1) is 13.8 Å². The molecule has 0 spiro atoms. The van der Waals surface area contributed by atoms with Gasteiger partial charge in [-0.05, 0) is 38.8 Å². The Kier molecular flexibility index (Phi) is 6.81. The normalized spacial score (nSPS) is 16.3. The maximum atomic E-state index is 12.3. The van der Waals surface area contributed by atoms with Crippen molar-refractivity contribution in [2.45, 2.75) is 37.1 Å². The summed E-state index contributed by atoms with van der Waals surface area (Å²) in [5.41, 5.74) is 2.65. The summed E-state index contributed by atoms with van der Waals surface area (Å²) in [5, 5.41) is 14.0. The molecule has 1 aliphatic heterocycles. The van der Waals surface area contributed by atoms with Crippen molar-refractivity contribution < 1.29 is 14.3 Å². The van der Waals surface area contributed by atoms with Gasteiger partial charge in [0.2, 0.25) is 11.0 Å². The second-order valence-electron chi connectivity index (χ2n) is 6.43. The molecule has 0 radical (unpaired) electrons. The molecule has 1 fully saturated rings. The fourth-order valence-electron chi connectivity index (χ4n) is 2.80. The molecule has 1 aliphatic rings. The number of aryl methyl sites for hydroxylation is 2. The topological polar surface area (TPSA) is 93.2 Å². The van der Waals surface area contributed by atoms with Crippen LogP contribution in [0.4, 0.5) is 5.13 Å². The number of rotatable bonds is 7. The fourth-order valence-corrected chi connectivity index (χ4v) is 4.38. The van der Waals surface area contributed by atoms with Crippen LogP contribution < -0.4 is 10.6 Å². The van der Waals surface area contributed by atoms with E-state index in [9.17, 15) is 9.59 Å². The van der Waals surface area contributed by atoms with E-state index in [4.69, 9.17) is 4.74 Å². The Hall–Kier alpha value is -1.97. The number of hydrogen-bond donors (Lipinski definition) is 2. The van der Waals surface area contributed by atoms with Crippen LogP contribution in [0.1, 0.15) is 34.3 Å². The van der Waals surface area contributed by atoms with Gasteiger partial charge in [0, 0.05) is 18.7 Å². The molecule has 1 saturated heterocycles. The van der Waals surface area contributed by atoms with Crippen LogP contribution >= 0.6 is 23.1 Å². The Morgan fingerprint density at radius 3 is 2.74 bits per heavy atom. The number of amides is 2. The van der Waals surface area contributed by atoms with Gasteiger partial charge in [-0.15, -0.1) is 10.2 Å². The van der Waals surface area contributed by atoms with Crippen molar-refractivity contribution >= 4 is 40.0 Å². The monoisotopic (exact) mass is 406 g/mol. The molecule has 0 aliphatic carbocycles. The largest absolute Gasteiger partial charge is 0.376 e. The summed E-state index contributed by atoms with van der Waals surface area (Å²) >= 11 is 2.55. The van der Waals surface area contributed by atoms with Gasteiger partial charge in [-0.1, -0.05) is 40.3 Å². The molecule has 2 amide bonds. The molecule has 7 nitrogen and oxygen atoms in total. The molecule has 9 heteroatoms. The molecule has 2 heterocycles. The highest BCUT2D eigenvalue weighted by Crippen LogP contribution is 2.25. The van der Waals surface area contributed by atoms with Crippen molar-refractivity contribution in [2.75, 3.05) is 24.2 Å². The second-order valence-corrected chi connectivity index (χ2v) is 8.63. The molecule has 2 N–H and O–H groups in total. The van der Waals surface area contributed by atoms with Crippen LogP contribution in [0.25, 0.3) is 0 Å². The molecular formula is C18H22N4O3S2. The Labute approximate surface area is 166 Å². The Bertz CT molecular complexity index is 798. The summed E-state index contributed by atoms with van der Waals surface area (Å²) in [6, 6.07) is 5.68. The van der Waals surface area contributed by atoms with Gasteiger partial charge in [0.15, 0.2) is 4.34 Å². The average Bonchev–Trinajstić information content (AvgIpc) is 3.29. The predicted octanol–water partition coefficient (Wildman–Crippen LogP) is 2.79. The molecule has 0 bridgehead atoms. The molecule has 1 aromatic carbocycles. The van der Waals surface area contributed by atoms with E-state index in [0.29, 0.717) is 21.6 Å². The van der Waals surface area contributed by atoms with Gasteiger partial charge < -0.3 is 10.1 Å². The molecule has 1 atom stereocenters. The first-order valence-electron chi connectivity index (χ1n) is 8.74. The molecule has 144 valence electrons. The minimum Gasteiger partial charge on any atom is -0.376 e. The SMILES string of the molecule is Cc1cc(C)cc(C(=O)Nc2nnc(SCC(=O)NC[C@@H]3CCCO3)s2)c1. The summed E-state index contributed by atoms with van der Waals surface area (Å²) < 4.78 is 6.11. The molecule has 27 heavy (non-hydrogen) atoms. The minimum absolute atomic E-state index is 0.0634. The maximum Gasteiger partial charge on any atom is 0.257 e. The van der Waals surface area contributed by atoms with Crippen molar-refractivity contribution in [2.24, 2.45) is 0 Å². The number of hydrogen-bond acceptors (Lipinski definition) is 7. The first-order chi connectivity index (χ1) is 13.0. The predicted molar refractivity (Wildman–Crippen MR) is 106 cm³/mol. The lowest BCUT2D eigenvalue weighted by molar-refractivity contribution is -0.119. The van der Waals surface area contributed by atoms with Crippen LogP contribution in [0.15, 0.2) is 22.5 Å². The highest BCUT2D eigenvalue weighted by atomic mass is 32.2. The smallest absolute Gasteiger partial charge is 0.257 e. The van der Waals surface area contributed by atoms with Gasteiger partial charge in [0.05, 0.1) is 11.9 Å². The van der Waals surface area contributed by atoms with E-state index in [1.165, 1.54) is 23.1 Å². The van der Waals surface area contributed by atoms with E-state index in [1.54, 1.807) is 0 Å². The van der Waals surface area contributed by atoms with Crippen LogP contribution in [-0.2, 0) is 9.53 Å². The summed E-state index contributed by atoms with van der Waals surface area (Å²) in [7, 11) is 0. The third-order valence-electron chi connectivity index (χ3n) is 3.99. The zero-order chi connectivity index (χ0) is 19.2. The van der Waals surface area contributed by atoms with Crippen molar-refractivity contribution in [3.05, 3.63) is 34.9 Å². The summed E-state index contributed by atoms with van der Waals surface area (Å²) in [5.74, 6) is -0.0258. The third kappa shape index (κ3) is 6.02. The second kappa shape index (κ2) is 9.29. The lowest BCUT2D eigenvalue weighted by atomic mass is 10.1. The number of benzene rings is 1. The number of ether oxygens (including phenoxy) is 1. The van der Waals surface area contributed by atoms with Gasteiger partial charge in [-0.3, -0.25) is 14.9 Å². The third-order valence-corrected chi connectivity index (χ3v) is 5.96. The summed E-state index contributed by atoms with van der Waals surface area (Å²) in [6.45, 7) is 5.23. The number of nitrogens with one attached hydrogen (secondary N) is 2. The molecular weight excluding hydrogens is 384 g/mol. The molecule has 2 aromatic rings. The summed E-state index contributed by atoms with van der Waals surface area (Å²) in [6.07, 6.45) is 2.18. The van der Waals surface area contributed by atoms with E-state index in [2.05, 4.69) is 20.8 Å². The number of carbonyl (C=O) groups excluding carboxylic acids is 2. The number of carbonyl (C=O) groups is 2. The molecule has 0 saturated carbocycles.